The molecule has 0 atom stereocenters. The third-order valence-corrected chi connectivity index (χ3v) is 3.25. The van der Waals surface area contributed by atoms with Gasteiger partial charge in [0.1, 0.15) is 5.82 Å². The van der Waals surface area contributed by atoms with Crippen LogP contribution in [-0.4, -0.2) is 14.8 Å². The minimum Gasteiger partial charge on any atom is -0.324 e. The molecule has 0 aliphatic heterocycles. The summed E-state index contributed by atoms with van der Waals surface area (Å²) < 4.78 is 1.82. The molecule has 2 aromatic rings. The first-order valence-electron chi connectivity index (χ1n) is 6.17. The van der Waals surface area contributed by atoms with Crippen LogP contribution in [0.5, 0.6) is 0 Å². The van der Waals surface area contributed by atoms with Gasteiger partial charge >= 0.3 is 0 Å². The Morgan fingerprint density at radius 2 is 1.78 bits per heavy atom. The van der Waals surface area contributed by atoms with Gasteiger partial charge in [-0.3, -0.25) is 4.68 Å². The zero-order chi connectivity index (χ0) is 13.3. The molecule has 2 rings (SSSR count). The van der Waals surface area contributed by atoms with Gasteiger partial charge in [-0.15, -0.1) is 0 Å². The Labute approximate surface area is 108 Å². The average molecular weight is 244 g/mol. The third kappa shape index (κ3) is 2.43. The lowest BCUT2D eigenvalue weighted by molar-refractivity contribution is 0.704. The zero-order valence-electron chi connectivity index (χ0n) is 11.5. The summed E-state index contributed by atoms with van der Waals surface area (Å²) in [7, 11) is 1.92. The molecule has 0 amide bonds. The Morgan fingerprint density at radius 3 is 2.28 bits per heavy atom. The van der Waals surface area contributed by atoms with Crippen molar-refractivity contribution in [3.05, 3.63) is 46.0 Å². The van der Waals surface area contributed by atoms with Gasteiger partial charge < -0.3 is 5.73 Å². The molecule has 0 unspecified atom stereocenters. The van der Waals surface area contributed by atoms with Gasteiger partial charge in [0.2, 0.25) is 0 Å². The molecule has 1 aromatic carbocycles. The van der Waals surface area contributed by atoms with Crippen molar-refractivity contribution >= 4 is 0 Å². The lowest BCUT2D eigenvalue weighted by Crippen LogP contribution is -2.03. The molecule has 2 N–H and O–H groups in total. The summed E-state index contributed by atoms with van der Waals surface area (Å²) in [4.78, 5) is 4.46. The summed E-state index contributed by atoms with van der Waals surface area (Å²) in [5.41, 5.74) is 10.8. The number of hydrogen-bond donors (Lipinski definition) is 1. The number of rotatable bonds is 3. The topological polar surface area (TPSA) is 56.7 Å². The van der Waals surface area contributed by atoms with Crippen LogP contribution in [-0.2, 0) is 20.0 Å². The second kappa shape index (κ2) is 4.90. The minimum atomic E-state index is 0.389. The van der Waals surface area contributed by atoms with Crippen molar-refractivity contribution in [3.8, 4) is 0 Å². The first kappa shape index (κ1) is 12.8. The summed E-state index contributed by atoms with van der Waals surface area (Å²) in [6.07, 6.45) is 0.807. The maximum Gasteiger partial charge on any atom is 0.164 e. The van der Waals surface area contributed by atoms with Crippen molar-refractivity contribution in [1.29, 1.82) is 0 Å². The molecule has 0 radical (unpaired) electrons. The summed E-state index contributed by atoms with van der Waals surface area (Å²) in [5.74, 6) is 1.67. The van der Waals surface area contributed by atoms with E-state index >= 15 is 0 Å². The van der Waals surface area contributed by atoms with Gasteiger partial charge in [-0.05, 0) is 37.5 Å². The van der Waals surface area contributed by atoms with Crippen LogP contribution in [0.1, 0.15) is 33.9 Å². The lowest BCUT2D eigenvalue weighted by atomic mass is 9.97. The van der Waals surface area contributed by atoms with Crippen LogP contribution in [0.3, 0.4) is 0 Å². The number of benzene rings is 1. The quantitative estimate of drug-likeness (QED) is 0.895. The zero-order valence-corrected chi connectivity index (χ0v) is 11.5. The molecular formula is C14H20N4. The van der Waals surface area contributed by atoms with Crippen LogP contribution < -0.4 is 5.73 Å². The Balaban J connectivity index is 2.36. The second-order valence-corrected chi connectivity index (χ2v) is 4.83. The summed E-state index contributed by atoms with van der Waals surface area (Å²) >= 11 is 0. The van der Waals surface area contributed by atoms with Gasteiger partial charge in [0, 0.05) is 13.5 Å². The van der Waals surface area contributed by atoms with E-state index in [0.29, 0.717) is 12.4 Å². The first-order valence-corrected chi connectivity index (χ1v) is 6.17. The van der Waals surface area contributed by atoms with Gasteiger partial charge in [0.25, 0.3) is 0 Å². The fourth-order valence-electron chi connectivity index (χ4n) is 2.36. The molecule has 1 heterocycles. The molecule has 0 bridgehead atoms. The van der Waals surface area contributed by atoms with Gasteiger partial charge in [-0.25, -0.2) is 4.98 Å². The highest BCUT2D eigenvalue weighted by Crippen LogP contribution is 2.19. The third-order valence-electron chi connectivity index (χ3n) is 3.25. The molecule has 0 aliphatic rings. The number of aryl methyl sites for hydroxylation is 4. The van der Waals surface area contributed by atoms with E-state index in [1.54, 1.807) is 0 Å². The monoisotopic (exact) mass is 244 g/mol. The first-order chi connectivity index (χ1) is 8.51. The molecule has 4 heteroatoms. The molecule has 0 fully saturated rings. The molecule has 0 aliphatic carbocycles. The SMILES string of the molecule is Cc1cc(C)c(Cc2nc(CN)nn2C)c(C)c1. The predicted octanol–water partition coefficient (Wildman–Crippen LogP) is 1.79. The van der Waals surface area contributed by atoms with E-state index in [1.807, 2.05) is 11.7 Å². The Kier molecular flexibility index (Phi) is 3.48. The van der Waals surface area contributed by atoms with E-state index in [1.165, 1.54) is 22.3 Å². The maximum absolute atomic E-state index is 5.57. The van der Waals surface area contributed by atoms with Crippen LogP contribution in [0.2, 0.25) is 0 Å². The minimum absolute atomic E-state index is 0.389. The normalized spacial score (nSPS) is 10.9. The van der Waals surface area contributed by atoms with Crippen LogP contribution in [0.25, 0.3) is 0 Å². The van der Waals surface area contributed by atoms with Gasteiger partial charge in [0.15, 0.2) is 5.82 Å². The van der Waals surface area contributed by atoms with E-state index in [-0.39, 0.29) is 0 Å². The smallest absolute Gasteiger partial charge is 0.164 e. The highest BCUT2D eigenvalue weighted by atomic mass is 15.3. The van der Waals surface area contributed by atoms with Crippen LogP contribution >= 0.6 is 0 Å². The molecule has 1 aromatic heterocycles. The average Bonchev–Trinajstić information content (AvgIpc) is 2.64. The molecule has 0 spiro atoms. The van der Waals surface area contributed by atoms with Gasteiger partial charge in [0.05, 0.1) is 6.54 Å². The Morgan fingerprint density at radius 1 is 1.17 bits per heavy atom. The summed E-state index contributed by atoms with van der Waals surface area (Å²) in [6, 6.07) is 4.42. The molecule has 4 nitrogen and oxygen atoms in total. The summed E-state index contributed by atoms with van der Waals surface area (Å²) in [5, 5.41) is 4.28. The lowest BCUT2D eigenvalue weighted by Gasteiger charge is -2.10. The van der Waals surface area contributed by atoms with Gasteiger partial charge in [-0.2, -0.15) is 5.10 Å². The van der Waals surface area contributed by atoms with Crippen molar-refractivity contribution in [2.45, 2.75) is 33.7 Å². The van der Waals surface area contributed by atoms with E-state index < -0.39 is 0 Å². The van der Waals surface area contributed by atoms with Crippen LogP contribution in [0, 0.1) is 20.8 Å². The highest BCUT2D eigenvalue weighted by Gasteiger charge is 2.10. The molecule has 18 heavy (non-hydrogen) atoms. The standard InChI is InChI=1S/C14H20N4/c1-9-5-10(2)12(11(3)6-9)7-14-16-13(8-15)17-18(14)4/h5-6H,7-8,15H2,1-4H3. The summed E-state index contributed by atoms with van der Waals surface area (Å²) in [6.45, 7) is 6.81. The van der Waals surface area contributed by atoms with Crippen molar-refractivity contribution in [2.75, 3.05) is 0 Å². The number of nitrogens with two attached hydrogens (primary N) is 1. The van der Waals surface area contributed by atoms with Crippen LogP contribution in [0.4, 0.5) is 0 Å². The number of hydrogen-bond acceptors (Lipinski definition) is 3. The van der Waals surface area contributed by atoms with E-state index in [4.69, 9.17) is 5.73 Å². The van der Waals surface area contributed by atoms with Gasteiger partial charge in [-0.1, -0.05) is 17.7 Å². The molecule has 0 saturated heterocycles. The van der Waals surface area contributed by atoms with E-state index in [9.17, 15) is 0 Å². The number of aromatic nitrogens is 3. The largest absolute Gasteiger partial charge is 0.324 e. The van der Waals surface area contributed by atoms with E-state index in [0.717, 1.165) is 12.2 Å². The fraction of sp³-hybridized carbons (Fsp3) is 0.429. The van der Waals surface area contributed by atoms with Crippen molar-refractivity contribution in [2.24, 2.45) is 12.8 Å². The molecule has 0 saturated carbocycles. The highest BCUT2D eigenvalue weighted by molar-refractivity contribution is 5.39. The van der Waals surface area contributed by atoms with Crippen LogP contribution in [0.15, 0.2) is 12.1 Å². The van der Waals surface area contributed by atoms with Crippen molar-refractivity contribution in [1.82, 2.24) is 14.8 Å². The number of nitrogens with zero attached hydrogens (tertiary/aromatic N) is 3. The van der Waals surface area contributed by atoms with Crippen molar-refractivity contribution in [3.63, 3.8) is 0 Å². The van der Waals surface area contributed by atoms with Crippen molar-refractivity contribution < 1.29 is 0 Å². The predicted molar refractivity (Wildman–Crippen MR) is 72.4 cm³/mol. The van der Waals surface area contributed by atoms with E-state index in [2.05, 4.69) is 43.0 Å². The Hall–Kier alpha value is -1.68. The second-order valence-electron chi connectivity index (χ2n) is 4.83. The molecular weight excluding hydrogens is 224 g/mol. The fourth-order valence-corrected chi connectivity index (χ4v) is 2.36. The maximum atomic E-state index is 5.57. The molecule has 96 valence electrons. The Bertz CT molecular complexity index is 546.